The molecule has 0 atom stereocenters. The average molecular weight is 166 g/mol. The van der Waals surface area contributed by atoms with Gasteiger partial charge in [0.15, 0.2) is 0 Å². The van der Waals surface area contributed by atoms with Crippen molar-refractivity contribution in [1.29, 1.82) is 0 Å². The summed E-state index contributed by atoms with van der Waals surface area (Å²) in [6.45, 7) is 1.21. The predicted octanol–water partition coefficient (Wildman–Crippen LogP) is 0.823. The number of carbonyl (C=O) groups is 1. The SMILES string of the molecule is [N-]=[N+]=NCC12CNC(=O)C(C1)C2. The first kappa shape index (κ1) is 7.43. The smallest absolute Gasteiger partial charge is 0.223 e. The lowest BCUT2D eigenvalue weighted by Crippen LogP contribution is -2.59. The Morgan fingerprint density at radius 3 is 3.00 bits per heavy atom. The molecule has 2 heterocycles. The third-order valence-corrected chi connectivity index (χ3v) is 2.84. The van der Waals surface area contributed by atoms with Crippen LogP contribution in [0.15, 0.2) is 5.11 Å². The van der Waals surface area contributed by atoms with E-state index < -0.39 is 0 Å². The van der Waals surface area contributed by atoms with Crippen LogP contribution in [0.4, 0.5) is 0 Å². The maximum atomic E-state index is 11.0. The molecule has 0 aromatic heterocycles. The van der Waals surface area contributed by atoms with Crippen LogP contribution in [0.1, 0.15) is 12.8 Å². The standard InChI is InChI=1S/C7H10N4O/c8-11-10-4-7-1-5(2-7)6(12)9-3-7/h5H,1-4H2,(H,9,12). The number of carbonyl (C=O) groups excluding carboxylic acids is 1. The molecule has 0 aromatic rings. The van der Waals surface area contributed by atoms with Gasteiger partial charge in [0.25, 0.3) is 0 Å². The zero-order chi connectivity index (χ0) is 8.60. The highest BCUT2D eigenvalue weighted by Crippen LogP contribution is 2.48. The molecule has 64 valence electrons. The monoisotopic (exact) mass is 166 g/mol. The maximum Gasteiger partial charge on any atom is 0.223 e. The highest BCUT2D eigenvalue weighted by Gasteiger charge is 2.50. The number of nitrogens with zero attached hydrogens (tertiary/aromatic N) is 3. The van der Waals surface area contributed by atoms with Gasteiger partial charge in [-0.25, -0.2) is 0 Å². The van der Waals surface area contributed by atoms with Crippen LogP contribution < -0.4 is 5.32 Å². The number of azide groups is 1. The van der Waals surface area contributed by atoms with Crippen LogP contribution in [0, 0.1) is 11.3 Å². The number of fused-ring (bicyclic) bond motifs is 2. The number of amides is 1. The van der Waals surface area contributed by atoms with Crippen LogP contribution in [-0.2, 0) is 4.79 Å². The predicted molar refractivity (Wildman–Crippen MR) is 42.2 cm³/mol. The van der Waals surface area contributed by atoms with Crippen molar-refractivity contribution in [2.24, 2.45) is 16.4 Å². The van der Waals surface area contributed by atoms with E-state index in [0.29, 0.717) is 13.1 Å². The molecule has 1 saturated carbocycles. The second kappa shape index (κ2) is 2.38. The van der Waals surface area contributed by atoms with Crippen LogP contribution in [0.2, 0.25) is 0 Å². The van der Waals surface area contributed by atoms with Crippen molar-refractivity contribution in [3.05, 3.63) is 10.4 Å². The number of rotatable bonds is 2. The Morgan fingerprint density at radius 2 is 2.50 bits per heavy atom. The van der Waals surface area contributed by atoms with Gasteiger partial charge in [0, 0.05) is 23.9 Å². The lowest BCUT2D eigenvalue weighted by Gasteiger charge is -2.50. The highest BCUT2D eigenvalue weighted by atomic mass is 16.2. The molecular weight excluding hydrogens is 156 g/mol. The fourth-order valence-electron chi connectivity index (χ4n) is 2.10. The minimum Gasteiger partial charge on any atom is -0.355 e. The van der Waals surface area contributed by atoms with Gasteiger partial charge in [-0.05, 0) is 23.8 Å². The largest absolute Gasteiger partial charge is 0.355 e. The molecule has 2 bridgehead atoms. The van der Waals surface area contributed by atoms with Crippen molar-refractivity contribution in [2.75, 3.05) is 13.1 Å². The van der Waals surface area contributed by atoms with Gasteiger partial charge in [0.05, 0.1) is 0 Å². The van der Waals surface area contributed by atoms with E-state index in [9.17, 15) is 4.79 Å². The molecule has 1 amide bonds. The topological polar surface area (TPSA) is 77.9 Å². The van der Waals surface area contributed by atoms with Gasteiger partial charge in [-0.15, -0.1) is 0 Å². The Balaban J connectivity index is 2.00. The van der Waals surface area contributed by atoms with E-state index in [0.717, 1.165) is 12.8 Å². The molecule has 1 aliphatic carbocycles. The molecule has 2 saturated heterocycles. The molecule has 3 rings (SSSR count). The van der Waals surface area contributed by atoms with Crippen molar-refractivity contribution < 1.29 is 4.79 Å². The summed E-state index contributed by atoms with van der Waals surface area (Å²) in [6.07, 6.45) is 1.80. The van der Waals surface area contributed by atoms with Crippen LogP contribution in [-0.4, -0.2) is 19.0 Å². The summed E-state index contributed by atoms with van der Waals surface area (Å²) in [5.74, 6) is 0.352. The molecule has 3 aliphatic rings. The second-order valence-electron chi connectivity index (χ2n) is 3.71. The first-order valence-corrected chi connectivity index (χ1v) is 4.04. The summed E-state index contributed by atoms with van der Waals surface area (Å²) in [7, 11) is 0. The van der Waals surface area contributed by atoms with Crippen molar-refractivity contribution in [2.45, 2.75) is 12.8 Å². The first-order valence-electron chi connectivity index (χ1n) is 4.04. The van der Waals surface area contributed by atoms with Gasteiger partial charge >= 0.3 is 0 Å². The zero-order valence-corrected chi connectivity index (χ0v) is 6.66. The lowest BCUT2D eigenvalue weighted by atomic mass is 9.59. The Labute approximate surface area is 69.8 Å². The van der Waals surface area contributed by atoms with E-state index in [1.165, 1.54) is 0 Å². The molecule has 0 radical (unpaired) electrons. The summed E-state index contributed by atoms with van der Waals surface area (Å²) in [5, 5.41) is 6.37. The highest BCUT2D eigenvalue weighted by molar-refractivity contribution is 5.81. The summed E-state index contributed by atoms with van der Waals surface area (Å²) < 4.78 is 0. The zero-order valence-electron chi connectivity index (χ0n) is 6.66. The molecule has 1 N–H and O–H groups in total. The summed E-state index contributed by atoms with van der Waals surface area (Å²) >= 11 is 0. The van der Waals surface area contributed by atoms with E-state index >= 15 is 0 Å². The van der Waals surface area contributed by atoms with Gasteiger partial charge in [-0.2, -0.15) is 0 Å². The fraction of sp³-hybridized carbons (Fsp3) is 0.857. The molecule has 3 fully saturated rings. The van der Waals surface area contributed by atoms with Crippen LogP contribution in [0.5, 0.6) is 0 Å². The second-order valence-corrected chi connectivity index (χ2v) is 3.71. The summed E-state index contributed by atoms with van der Waals surface area (Å²) in [5.41, 5.74) is 8.25. The molecule has 5 nitrogen and oxygen atoms in total. The lowest BCUT2D eigenvalue weighted by molar-refractivity contribution is -0.139. The van der Waals surface area contributed by atoms with Crippen LogP contribution in [0.3, 0.4) is 0 Å². The molecular formula is C7H10N4O. The Morgan fingerprint density at radius 1 is 1.75 bits per heavy atom. The molecule has 0 spiro atoms. The quantitative estimate of drug-likeness (QED) is 0.368. The van der Waals surface area contributed by atoms with Crippen molar-refractivity contribution in [3.8, 4) is 0 Å². The van der Waals surface area contributed by atoms with E-state index in [-0.39, 0.29) is 17.2 Å². The third-order valence-electron chi connectivity index (χ3n) is 2.84. The Kier molecular flexibility index (Phi) is 1.48. The fourth-order valence-corrected chi connectivity index (χ4v) is 2.10. The van der Waals surface area contributed by atoms with Gasteiger partial charge < -0.3 is 5.32 Å². The van der Waals surface area contributed by atoms with E-state index in [2.05, 4.69) is 15.3 Å². The van der Waals surface area contributed by atoms with Gasteiger partial charge in [-0.1, -0.05) is 5.11 Å². The number of hydrogen-bond donors (Lipinski definition) is 1. The Bertz CT molecular complexity index is 257. The van der Waals surface area contributed by atoms with E-state index in [1.54, 1.807) is 0 Å². The van der Waals surface area contributed by atoms with Gasteiger partial charge in [0.1, 0.15) is 0 Å². The van der Waals surface area contributed by atoms with Gasteiger partial charge in [-0.3, -0.25) is 4.79 Å². The third kappa shape index (κ3) is 0.940. The number of piperidine rings is 2. The average Bonchev–Trinajstić information content (AvgIpc) is 2.01. The number of nitrogens with one attached hydrogen (secondary N) is 1. The maximum absolute atomic E-state index is 11.0. The van der Waals surface area contributed by atoms with Gasteiger partial charge in [0.2, 0.25) is 5.91 Å². The van der Waals surface area contributed by atoms with E-state index in [4.69, 9.17) is 5.53 Å². The molecule has 0 unspecified atom stereocenters. The summed E-state index contributed by atoms with van der Waals surface area (Å²) in [4.78, 5) is 13.8. The summed E-state index contributed by atoms with van der Waals surface area (Å²) in [6, 6.07) is 0. The molecule has 2 aliphatic heterocycles. The van der Waals surface area contributed by atoms with Crippen molar-refractivity contribution >= 4 is 5.91 Å². The van der Waals surface area contributed by atoms with Crippen molar-refractivity contribution in [1.82, 2.24) is 5.32 Å². The first-order chi connectivity index (χ1) is 5.76. The van der Waals surface area contributed by atoms with E-state index in [1.807, 2.05) is 0 Å². The van der Waals surface area contributed by atoms with Crippen LogP contribution >= 0.6 is 0 Å². The molecule has 12 heavy (non-hydrogen) atoms. The molecule has 0 aromatic carbocycles. The van der Waals surface area contributed by atoms with Crippen molar-refractivity contribution in [3.63, 3.8) is 0 Å². The normalized spacial score (nSPS) is 37.7. The molecule has 5 heteroatoms. The Hall–Kier alpha value is -1.22. The minimum absolute atomic E-state index is 0.102. The number of hydrogen-bond acceptors (Lipinski definition) is 2. The minimum atomic E-state index is 0.102. The van der Waals surface area contributed by atoms with Crippen LogP contribution in [0.25, 0.3) is 10.4 Å².